The predicted octanol–water partition coefficient (Wildman–Crippen LogP) is 5.94. The SMILES string of the molecule is CC(C)(C)[P+](C1CCCCC1)(N1CCCCC1)N1CCCCC1. The van der Waals surface area contributed by atoms with Crippen LogP contribution in [0.25, 0.3) is 0 Å². The van der Waals surface area contributed by atoms with E-state index in [2.05, 4.69) is 30.1 Å². The van der Waals surface area contributed by atoms with Gasteiger partial charge in [0.1, 0.15) is 10.8 Å². The van der Waals surface area contributed by atoms with E-state index < -0.39 is 7.56 Å². The van der Waals surface area contributed by atoms with E-state index in [1.165, 1.54) is 96.8 Å². The van der Waals surface area contributed by atoms with Crippen LogP contribution < -0.4 is 0 Å². The minimum absolute atomic E-state index is 0.448. The van der Waals surface area contributed by atoms with Crippen molar-refractivity contribution in [2.24, 2.45) is 0 Å². The van der Waals surface area contributed by atoms with Crippen molar-refractivity contribution in [2.45, 2.75) is 102 Å². The van der Waals surface area contributed by atoms with Crippen LogP contribution in [0.2, 0.25) is 0 Å². The monoisotopic (exact) mass is 339 g/mol. The van der Waals surface area contributed by atoms with Crippen molar-refractivity contribution in [3.05, 3.63) is 0 Å². The molecule has 0 bridgehead atoms. The molecule has 1 aliphatic carbocycles. The average Bonchev–Trinajstić information content (AvgIpc) is 2.57. The molecule has 0 radical (unpaired) electrons. The summed E-state index contributed by atoms with van der Waals surface area (Å²) in [7, 11) is -1.24. The van der Waals surface area contributed by atoms with Gasteiger partial charge in [-0.15, -0.1) is 0 Å². The van der Waals surface area contributed by atoms with Gasteiger partial charge in [0.25, 0.3) is 0 Å². The molecule has 2 aliphatic heterocycles. The van der Waals surface area contributed by atoms with Gasteiger partial charge in [-0.1, -0.05) is 19.3 Å². The van der Waals surface area contributed by atoms with Gasteiger partial charge in [0, 0.05) is 26.2 Å². The Morgan fingerprint density at radius 3 is 1.39 bits per heavy atom. The average molecular weight is 340 g/mol. The van der Waals surface area contributed by atoms with E-state index in [-0.39, 0.29) is 0 Å². The molecule has 2 saturated heterocycles. The summed E-state index contributed by atoms with van der Waals surface area (Å²) in [5.74, 6) is 0. The molecule has 0 spiro atoms. The normalized spacial score (nSPS) is 27.3. The molecule has 0 atom stereocenters. The van der Waals surface area contributed by atoms with Crippen LogP contribution in [-0.4, -0.2) is 46.3 Å². The number of rotatable bonds is 3. The highest BCUT2D eigenvalue weighted by Crippen LogP contribution is 2.79. The summed E-state index contributed by atoms with van der Waals surface area (Å²) in [5, 5.41) is 0.448. The van der Waals surface area contributed by atoms with Crippen LogP contribution >= 0.6 is 7.56 Å². The van der Waals surface area contributed by atoms with Crippen LogP contribution in [0.15, 0.2) is 0 Å². The zero-order chi connectivity index (χ0) is 16.3. The maximum Gasteiger partial charge on any atom is 0.161 e. The summed E-state index contributed by atoms with van der Waals surface area (Å²) < 4.78 is 6.16. The van der Waals surface area contributed by atoms with Crippen molar-refractivity contribution in [1.29, 1.82) is 0 Å². The zero-order valence-corrected chi connectivity index (χ0v) is 16.9. The lowest BCUT2D eigenvalue weighted by molar-refractivity contribution is 0.273. The lowest BCUT2D eigenvalue weighted by atomic mass is 10.0. The van der Waals surface area contributed by atoms with Crippen LogP contribution in [0.1, 0.15) is 91.4 Å². The summed E-state index contributed by atoms with van der Waals surface area (Å²) in [6.07, 6.45) is 16.2. The van der Waals surface area contributed by atoms with Gasteiger partial charge in [0.15, 0.2) is 7.56 Å². The van der Waals surface area contributed by atoms with Crippen LogP contribution in [0, 0.1) is 0 Å². The van der Waals surface area contributed by atoms with E-state index in [0.29, 0.717) is 5.16 Å². The van der Waals surface area contributed by atoms with Crippen LogP contribution in [0.5, 0.6) is 0 Å². The Hall–Kier alpha value is 0.350. The number of piperidine rings is 2. The second-order valence-electron chi connectivity index (χ2n) is 9.14. The van der Waals surface area contributed by atoms with Crippen LogP contribution in [0.4, 0.5) is 0 Å². The molecular formula is C20H40N2P+. The first-order chi connectivity index (χ1) is 11.1. The van der Waals surface area contributed by atoms with E-state index in [4.69, 9.17) is 0 Å². The molecule has 2 heterocycles. The molecule has 3 aliphatic rings. The van der Waals surface area contributed by atoms with Gasteiger partial charge in [-0.3, -0.25) is 0 Å². The van der Waals surface area contributed by atoms with Crippen molar-refractivity contribution in [3.8, 4) is 0 Å². The lowest BCUT2D eigenvalue weighted by Gasteiger charge is -2.56. The maximum absolute atomic E-state index is 3.08. The van der Waals surface area contributed by atoms with Crippen molar-refractivity contribution in [1.82, 2.24) is 9.34 Å². The molecule has 3 heteroatoms. The fourth-order valence-electron chi connectivity index (χ4n) is 5.84. The molecule has 23 heavy (non-hydrogen) atoms. The molecule has 3 fully saturated rings. The van der Waals surface area contributed by atoms with Gasteiger partial charge in [-0.25, -0.2) is 0 Å². The lowest BCUT2D eigenvalue weighted by Crippen LogP contribution is -2.52. The van der Waals surface area contributed by atoms with Gasteiger partial charge in [0.05, 0.1) is 0 Å². The highest BCUT2D eigenvalue weighted by atomic mass is 31.2. The Labute approximate surface area is 145 Å². The second-order valence-corrected chi connectivity index (χ2v) is 13.6. The van der Waals surface area contributed by atoms with E-state index in [1.807, 2.05) is 0 Å². The van der Waals surface area contributed by atoms with Gasteiger partial charge in [-0.2, -0.15) is 9.34 Å². The Morgan fingerprint density at radius 1 is 0.609 bits per heavy atom. The minimum Gasteiger partial charge on any atom is -0.163 e. The Balaban J connectivity index is 1.99. The summed E-state index contributed by atoms with van der Waals surface area (Å²) >= 11 is 0. The van der Waals surface area contributed by atoms with E-state index in [9.17, 15) is 0 Å². The van der Waals surface area contributed by atoms with E-state index in [1.54, 1.807) is 0 Å². The fourth-order valence-corrected chi connectivity index (χ4v) is 12.8. The van der Waals surface area contributed by atoms with Crippen molar-refractivity contribution < 1.29 is 0 Å². The third-order valence-corrected chi connectivity index (χ3v) is 12.6. The molecule has 3 rings (SSSR count). The van der Waals surface area contributed by atoms with Crippen molar-refractivity contribution >= 4 is 7.56 Å². The summed E-state index contributed by atoms with van der Waals surface area (Å²) in [6, 6.07) is 0. The topological polar surface area (TPSA) is 6.48 Å². The molecule has 0 aromatic rings. The number of hydrogen-bond donors (Lipinski definition) is 0. The van der Waals surface area contributed by atoms with Crippen molar-refractivity contribution in [2.75, 3.05) is 26.2 Å². The third kappa shape index (κ3) is 3.51. The second kappa shape index (κ2) is 7.71. The van der Waals surface area contributed by atoms with Gasteiger partial charge >= 0.3 is 0 Å². The number of nitrogens with zero attached hydrogens (tertiary/aromatic N) is 2. The van der Waals surface area contributed by atoms with Crippen LogP contribution in [-0.2, 0) is 0 Å². The third-order valence-electron chi connectivity index (χ3n) is 6.60. The highest BCUT2D eigenvalue weighted by Gasteiger charge is 2.63. The molecule has 2 nitrogen and oxygen atoms in total. The molecule has 1 saturated carbocycles. The quantitative estimate of drug-likeness (QED) is 0.587. The Kier molecular flexibility index (Phi) is 6.08. The van der Waals surface area contributed by atoms with Crippen molar-refractivity contribution in [3.63, 3.8) is 0 Å². The predicted molar refractivity (Wildman–Crippen MR) is 104 cm³/mol. The fraction of sp³-hybridized carbons (Fsp3) is 1.00. The summed E-state index contributed by atoms with van der Waals surface area (Å²) in [6.45, 7) is 13.3. The first kappa shape index (κ1) is 18.2. The van der Waals surface area contributed by atoms with Crippen LogP contribution in [0.3, 0.4) is 0 Å². The molecule has 0 aromatic carbocycles. The van der Waals surface area contributed by atoms with E-state index >= 15 is 0 Å². The smallest absolute Gasteiger partial charge is 0.161 e. The standard InChI is InChI=1S/C20H40N2P/c1-20(2,3)23(19-13-7-4-8-14-19,21-15-9-5-10-16-21)22-17-11-6-12-18-22/h19H,4-18H2,1-3H3/q+1. The molecule has 0 amide bonds. The highest BCUT2D eigenvalue weighted by molar-refractivity contribution is 7.73. The molecule has 0 N–H and O–H groups in total. The molecule has 134 valence electrons. The first-order valence-corrected chi connectivity index (χ1v) is 12.2. The van der Waals surface area contributed by atoms with Gasteiger partial charge in [0.2, 0.25) is 0 Å². The minimum atomic E-state index is -1.24. The van der Waals surface area contributed by atoms with Gasteiger partial charge in [-0.05, 0) is 72.1 Å². The molecular weight excluding hydrogens is 299 g/mol. The Morgan fingerprint density at radius 2 is 1.00 bits per heavy atom. The summed E-state index contributed by atoms with van der Waals surface area (Å²) in [4.78, 5) is 0. The Bertz CT molecular complexity index is 313. The largest absolute Gasteiger partial charge is 0.163 e. The zero-order valence-electron chi connectivity index (χ0n) is 16.0. The van der Waals surface area contributed by atoms with Gasteiger partial charge < -0.3 is 0 Å². The first-order valence-electron chi connectivity index (χ1n) is 10.5. The van der Waals surface area contributed by atoms with E-state index in [0.717, 1.165) is 5.66 Å². The number of hydrogen-bond acceptors (Lipinski definition) is 2. The molecule has 0 unspecified atom stereocenters. The summed E-state index contributed by atoms with van der Waals surface area (Å²) in [5.41, 5.74) is 0.993. The maximum atomic E-state index is 3.08. The molecule has 0 aromatic heterocycles.